The number of rotatable bonds is 9. The Labute approximate surface area is 144 Å². The van der Waals surface area contributed by atoms with Crippen LogP contribution < -0.4 is 0 Å². The summed E-state index contributed by atoms with van der Waals surface area (Å²) in [5, 5.41) is 20.4. The Morgan fingerprint density at radius 1 is 1.17 bits per heavy atom. The van der Waals surface area contributed by atoms with Crippen molar-refractivity contribution in [2.45, 2.75) is 57.8 Å². The maximum absolute atomic E-state index is 13.6. The highest BCUT2D eigenvalue weighted by atomic mass is 19.1. The minimum Gasteiger partial charge on any atom is -0.393 e. The lowest BCUT2D eigenvalue weighted by atomic mass is 9.91. The molecule has 0 spiro atoms. The van der Waals surface area contributed by atoms with Crippen LogP contribution in [0.3, 0.4) is 0 Å². The van der Waals surface area contributed by atoms with Gasteiger partial charge in [-0.1, -0.05) is 50.1 Å². The Balaban J connectivity index is 1.84. The number of halogens is 1. The van der Waals surface area contributed by atoms with Crippen LogP contribution in [0.5, 0.6) is 0 Å². The van der Waals surface area contributed by atoms with Gasteiger partial charge in [-0.15, -0.1) is 0 Å². The average molecular weight is 336 g/mol. The summed E-state index contributed by atoms with van der Waals surface area (Å²) in [7, 11) is 0. The van der Waals surface area contributed by atoms with Crippen LogP contribution in [0.1, 0.15) is 44.6 Å². The van der Waals surface area contributed by atoms with Gasteiger partial charge in [-0.25, -0.2) is 4.39 Å². The summed E-state index contributed by atoms with van der Waals surface area (Å²) in [4.78, 5) is 0. The van der Waals surface area contributed by atoms with Crippen LogP contribution >= 0.6 is 0 Å². The van der Waals surface area contributed by atoms with Gasteiger partial charge in [-0.2, -0.15) is 0 Å². The topological polar surface area (TPSA) is 49.7 Å². The zero-order valence-corrected chi connectivity index (χ0v) is 14.4. The van der Waals surface area contributed by atoms with Gasteiger partial charge >= 0.3 is 0 Å². The van der Waals surface area contributed by atoms with E-state index in [2.05, 4.69) is 19.1 Å². The van der Waals surface area contributed by atoms with E-state index in [1.807, 2.05) is 0 Å². The number of unbranched alkanes of at least 4 members (excludes halogenated alkanes) is 2. The van der Waals surface area contributed by atoms with Crippen molar-refractivity contribution < 1.29 is 19.3 Å². The molecule has 0 amide bonds. The van der Waals surface area contributed by atoms with E-state index >= 15 is 0 Å². The molecule has 1 aliphatic rings. The fourth-order valence-corrected chi connectivity index (χ4v) is 3.35. The molecule has 134 valence electrons. The molecular formula is C20H29FO3. The smallest absolute Gasteiger partial charge is 0.128 e. The molecule has 0 radical (unpaired) electrons. The summed E-state index contributed by atoms with van der Waals surface area (Å²) >= 11 is 0. The van der Waals surface area contributed by atoms with E-state index in [4.69, 9.17) is 4.74 Å². The summed E-state index contributed by atoms with van der Waals surface area (Å²) in [5.41, 5.74) is 0.515. The van der Waals surface area contributed by atoms with Gasteiger partial charge in [0.05, 0.1) is 25.4 Å². The van der Waals surface area contributed by atoms with E-state index < -0.39 is 12.2 Å². The van der Waals surface area contributed by atoms with E-state index in [-0.39, 0.29) is 24.3 Å². The molecule has 2 N–H and O–H groups in total. The first-order chi connectivity index (χ1) is 11.6. The van der Waals surface area contributed by atoms with E-state index in [1.165, 1.54) is 18.9 Å². The van der Waals surface area contributed by atoms with Crippen molar-refractivity contribution in [3.8, 4) is 0 Å². The molecule has 1 fully saturated rings. The number of allylic oxidation sites excluding steroid dienone is 2. The van der Waals surface area contributed by atoms with Gasteiger partial charge in [0.15, 0.2) is 0 Å². The molecule has 4 unspecified atom stereocenters. The van der Waals surface area contributed by atoms with Gasteiger partial charge in [0.1, 0.15) is 5.82 Å². The number of aliphatic hydroxyl groups excluding tert-OH is 2. The van der Waals surface area contributed by atoms with Gasteiger partial charge in [0.25, 0.3) is 0 Å². The minimum absolute atomic E-state index is 0.00139. The second-order valence-electron chi connectivity index (χ2n) is 6.65. The van der Waals surface area contributed by atoms with Crippen LogP contribution in [0.4, 0.5) is 4.39 Å². The first-order valence-corrected chi connectivity index (χ1v) is 8.95. The second kappa shape index (κ2) is 9.92. The highest BCUT2D eigenvalue weighted by Gasteiger charge is 2.40. The molecule has 0 bridgehead atoms. The van der Waals surface area contributed by atoms with Crippen LogP contribution in [0.2, 0.25) is 0 Å². The van der Waals surface area contributed by atoms with Crippen LogP contribution in [-0.2, 0) is 11.3 Å². The number of hydrogen-bond donors (Lipinski definition) is 2. The summed E-state index contributed by atoms with van der Waals surface area (Å²) in [6.45, 7) is 2.68. The zero-order chi connectivity index (χ0) is 17.4. The van der Waals surface area contributed by atoms with Gasteiger partial charge in [0.2, 0.25) is 0 Å². The van der Waals surface area contributed by atoms with Crippen molar-refractivity contribution in [3.05, 3.63) is 47.8 Å². The number of benzene rings is 1. The van der Waals surface area contributed by atoms with Gasteiger partial charge in [-0.3, -0.25) is 0 Å². The third-order valence-corrected chi connectivity index (χ3v) is 4.85. The molecule has 1 aromatic rings. The number of hydrogen-bond acceptors (Lipinski definition) is 3. The van der Waals surface area contributed by atoms with E-state index in [0.29, 0.717) is 18.6 Å². The maximum Gasteiger partial charge on any atom is 0.128 e. The Morgan fingerprint density at radius 2 is 1.92 bits per heavy atom. The summed E-state index contributed by atoms with van der Waals surface area (Å²) in [5.74, 6) is -0.388. The minimum atomic E-state index is -0.560. The highest BCUT2D eigenvalue weighted by molar-refractivity contribution is 5.16. The molecule has 4 heteroatoms. The summed E-state index contributed by atoms with van der Waals surface area (Å²) < 4.78 is 19.2. The Kier molecular flexibility index (Phi) is 7.89. The maximum atomic E-state index is 13.6. The molecule has 24 heavy (non-hydrogen) atoms. The van der Waals surface area contributed by atoms with Crippen LogP contribution in [0.25, 0.3) is 0 Å². The molecule has 3 nitrogen and oxygen atoms in total. The van der Waals surface area contributed by atoms with Crippen molar-refractivity contribution in [1.82, 2.24) is 0 Å². The Bertz CT molecular complexity index is 517. The molecule has 1 saturated carbocycles. The van der Waals surface area contributed by atoms with Gasteiger partial charge < -0.3 is 14.9 Å². The van der Waals surface area contributed by atoms with E-state index in [9.17, 15) is 14.6 Å². The molecule has 2 rings (SSSR count). The third kappa shape index (κ3) is 5.40. The van der Waals surface area contributed by atoms with E-state index in [1.54, 1.807) is 18.2 Å². The van der Waals surface area contributed by atoms with Crippen molar-refractivity contribution in [1.29, 1.82) is 0 Å². The lowest BCUT2D eigenvalue weighted by Crippen LogP contribution is -2.26. The molecule has 4 atom stereocenters. The average Bonchev–Trinajstić information content (AvgIpc) is 2.83. The van der Waals surface area contributed by atoms with Crippen LogP contribution in [0, 0.1) is 17.7 Å². The van der Waals surface area contributed by atoms with Crippen molar-refractivity contribution >= 4 is 0 Å². The van der Waals surface area contributed by atoms with Crippen molar-refractivity contribution in [2.75, 3.05) is 6.61 Å². The molecule has 1 aromatic carbocycles. The van der Waals surface area contributed by atoms with E-state index in [0.717, 1.165) is 12.8 Å². The first-order valence-electron chi connectivity index (χ1n) is 8.95. The highest BCUT2D eigenvalue weighted by Crippen LogP contribution is 2.35. The number of ether oxygens (including phenoxy) is 1. The lowest BCUT2D eigenvalue weighted by molar-refractivity contribution is 0.0167. The molecule has 1 aliphatic carbocycles. The molecule has 0 aliphatic heterocycles. The second-order valence-corrected chi connectivity index (χ2v) is 6.65. The Morgan fingerprint density at radius 3 is 2.67 bits per heavy atom. The monoisotopic (exact) mass is 336 g/mol. The molecule has 0 aromatic heterocycles. The molecular weight excluding hydrogens is 307 g/mol. The predicted octanol–water partition coefficient (Wildman–Crippen LogP) is 3.84. The number of aliphatic hydroxyl groups is 2. The molecule has 0 heterocycles. The fourth-order valence-electron chi connectivity index (χ4n) is 3.35. The standard InChI is InChI=1S/C20H29FO3/c1-2-3-4-5-6-10-16-17(20(23)12-19(16)22)14-24-13-15-9-7-8-11-18(15)21/h5-9,11,16-17,19-20,22-23H,2-4,10,12-14H2,1H3/b6-5-. The normalized spacial score (nSPS) is 27.2. The van der Waals surface area contributed by atoms with Crippen LogP contribution in [-0.4, -0.2) is 29.0 Å². The van der Waals surface area contributed by atoms with Gasteiger partial charge in [-0.05, 0) is 31.2 Å². The van der Waals surface area contributed by atoms with Gasteiger partial charge in [0, 0.05) is 11.5 Å². The third-order valence-electron chi connectivity index (χ3n) is 4.85. The lowest BCUT2D eigenvalue weighted by Gasteiger charge is -2.22. The summed E-state index contributed by atoms with van der Waals surface area (Å²) in [6.07, 6.45) is 7.72. The van der Waals surface area contributed by atoms with Crippen molar-refractivity contribution in [2.24, 2.45) is 11.8 Å². The molecule has 0 saturated heterocycles. The zero-order valence-electron chi connectivity index (χ0n) is 14.4. The fraction of sp³-hybridized carbons (Fsp3) is 0.600. The summed E-state index contributed by atoms with van der Waals surface area (Å²) in [6, 6.07) is 6.54. The first kappa shape index (κ1) is 19.1. The SMILES string of the molecule is CCCC/C=C\CC1C(O)CC(O)C1COCc1ccccc1F. The van der Waals surface area contributed by atoms with Crippen LogP contribution in [0.15, 0.2) is 36.4 Å². The van der Waals surface area contributed by atoms with Crippen molar-refractivity contribution in [3.63, 3.8) is 0 Å². The Hall–Kier alpha value is -1.23. The largest absolute Gasteiger partial charge is 0.393 e. The predicted molar refractivity (Wildman–Crippen MR) is 92.9 cm³/mol. The quantitative estimate of drug-likeness (QED) is 0.532.